The number of para-hydroxylation sites is 1. The first-order valence-corrected chi connectivity index (χ1v) is 8.23. The van der Waals surface area contributed by atoms with Crippen molar-refractivity contribution in [3.63, 3.8) is 0 Å². The van der Waals surface area contributed by atoms with Crippen LogP contribution in [-0.2, 0) is 4.79 Å². The number of carbonyl (C=O) groups is 1. The number of nitrogens with zero attached hydrogens (tertiary/aromatic N) is 2. The van der Waals surface area contributed by atoms with Gasteiger partial charge in [-0.2, -0.15) is 0 Å². The van der Waals surface area contributed by atoms with Crippen LogP contribution >= 0.6 is 0 Å². The van der Waals surface area contributed by atoms with E-state index in [1.807, 2.05) is 6.07 Å². The molecule has 0 saturated carbocycles. The highest BCUT2D eigenvalue weighted by atomic mass is 16.6. The molecule has 0 unspecified atom stereocenters. The van der Waals surface area contributed by atoms with Crippen molar-refractivity contribution in [1.29, 1.82) is 0 Å². The van der Waals surface area contributed by atoms with Gasteiger partial charge in [0.15, 0.2) is 0 Å². The fourth-order valence-electron chi connectivity index (χ4n) is 2.72. The average Bonchev–Trinajstić information content (AvgIpc) is 2.66. The molecule has 0 aliphatic heterocycles. The summed E-state index contributed by atoms with van der Waals surface area (Å²) in [7, 11) is 1.53. The maximum atomic E-state index is 12.5. The standard InChI is InChI=1S/C19H22N2O5/c1-13(19(24)14-8-4-3-5-9-14)20(2)18(23)12-17(22)15-10-6-7-11-16(15)21(25)26/h3-11,13,17,19,22,24H,12H2,1-2H3/t13-,17+,19+/m0/s1. The lowest BCUT2D eigenvalue weighted by molar-refractivity contribution is -0.386. The number of carbonyl (C=O) groups excluding carboxylic acids is 1. The molecule has 26 heavy (non-hydrogen) atoms. The highest BCUT2D eigenvalue weighted by Crippen LogP contribution is 2.28. The van der Waals surface area contributed by atoms with E-state index in [2.05, 4.69) is 0 Å². The lowest BCUT2D eigenvalue weighted by Crippen LogP contribution is -2.39. The first kappa shape index (κ1) is 19.6. The van der Waals surface area contributed by atoms with Gasteiger partial charge in [0.05, 0.1) is 35.2 Å². The van der Waals surface area contributed by atoms with Crippen molar-refractivity contribution in [3.05, 3.63) is 75.8 Å². The minimum atomic E-state index is -1.30. The molecular weight excluding hydrogens is 336 g/mol. The average molecular weight is 358 g/mol. The number of nitro benzene ring substituents is 1. The van der Waals surface area contributed by atoms with Crippen LogP contribution in [0.3, 0.4) is 0 Å². The fourth-order valence-corrected chi connectivity index (χ4v) is 2.72. The summed E-state index contributed by atoms with van der Waals surface area (Å²) in [4.78, 5) is 24.3. The second-order valence-corrected chi connectivity index (χ2v) is 6.14. The maximum Gasteiger partial charge on any atom is 0.275 e. The van der Waals surface area contributed by atoms with Gasteiger partial charge in [0, 0.05) is 13.1 Å². The van der Waals surface area contributed by atoms with Crippen LogP contribution in [0.4, 0.5) is 5.69 Å². The Hall–Kier alpha value is -2.77. The van der Waals surface area contributed by atoms with Crippen molar-refractivity contribution in [2.45, 2.75) is 31.6 Å². The molecule has 138 valence electrons. The van der Waals surface area contributed by atoms with Crippen LogP contribution in [0.5, 0.6) is 0 Å². The van der Waals surface area contributed by atoms with Gasteiger partial charge in [0.2, 0.25) is 5.91 Å². The van der Waals surface area contributed by atoms with Gasteiger partial charge in [0.1, 0.15) is 0 Å². The second-order valence-electron chi connectivity index (χ2n) is 6.14. The lowest BCUT2D eigenvalue weighted by atomic mass is 10.0. The number of amides is 1. The summed E-state index contributed by atoms with van der Waals surface area (Å²) < 4.78 is 0. The van der Waals surface area contributed by atoms with Gasteiger partial charge in [-0.3, -0.25) is 14.9 Å². The van der Waals surface area contributed by atoms with Crippen molar-refractivity contribution in [3.8, 4) is 0 Å². The van der Waals surface area contributed by atoms with Crippen LogP contribution < -0.4 is 0 Å². The molecule has 0 fully saturated rings. The van der Waals surface area contributed by atoms with E-state index in [9.17, 15) is 25.1 Å². The zero-order valence-corrected chi connectivity index (χ0v) is 14.6. The summed E-state index contributed by atoms with van der Waals surface area (Å²) in [6.07, 6.45) is -2.49. The predicted molar refractivity (Wildman–Crippen MR) is 96.3 cm³/mol. The molecule has 0 radical (unpaired) electrons. The number of aliphatic hydroxyl groups excluding tert-OH is 2. The molecule has 0 bridgehead atoms. The number of likely N-dealkylation sites (N-methyl/N-ethyl adjacent to an activating group) is 1. The Morgan fingerprint density at radius 3 is 2.31 bits per heavy atom. The highest BCUT2D eigenvalue weighted by Gasteiger charge is 2.27. The predicted octanol–water partition coefficient (Wildman–Crippen LogP) is 2.60. The van der Waals surface area contributed by atoms with E-state index in [4.69, 9.17) is 0 Å². The molecule has 1 amide bonds. The van der Waals surface area contributed by atoms with Crippen LogP contribution in [0.2, 0.25) is 0 Å². The fraction of sp³-hybridized carbons (Fsp3) is 0.316. The Morgan fingerprint density at radius 1 is 1.12 bits per heavy atom. The van der Waals surface area contributed by atoms with E-state index in [1.54, 1.807) is 37.3 Å². The Balaban J connectivity index is 2.08. The van der Waals surface area contributed by atoms with Gasteiger partial charge >= 0.3 is 0 Å². The van der Waals surface area contributed by atoms with Gasteiger partial charge in [0.25, 0.3) is 5.69 Å². The maximum absolute atomic E-state index is 12.5. The largest absolute Gasteiger partial charge is 0.388 e. The molecule has 2 rings (SSSR count). The van der Waals surface area contributed by atoms with Crippen molar-refractivity contribution in [1.82, 2.24) is 4.90 Å². The van der Waals surface area contributed by atoms with Crippen LogP contribution in [0.25, 0.3) is 0 Å². The van der Waals surface area contributed by atoms with Crippen LogP contribution in [-0.4, -0.2) is 39.0 Å². The van der Waals surface area contributed by atoms with E-state index in [0.717, 1.165) is 0 Å². The number of hydrogen-bond donors (Lipinski definition) is 2. The number of nitro groups is 1. The number of aliphatic hydroxyl groups is 2. The van der Waals surface area contributed by atoms with E-state index in [1.165, 1.54) is 30.1 Å². The molecule has 0 heterocycles. The molecule has 0 aliphatic carbocycles. The molecule has 0 aromatic heterocycles. The van der Waals surface area contributed by atoms with Crippen molar-refractivity contribution < 1.29 is 19.9 Å². The SMILES string of the molecule is C[C@@H]([C@@H](O)c1ccccc1)N(C)C(=O)C[C@@H](O)c1ccccc1[N+](=O)[O-]. The molecule has 0 spiro atoms. The Labute approximate surface area is 151 Å². The molecule has 7 nitrogen and oxygen atoms in total. The number of benzene rings is 2. The van der Waals surface area contributed by atoms with Crippen molar-refractivity contribution in [2.75, 3.05) is 7.05 Å². The lowest BCUT2D eigenvalue weighted by Gasteiger charge is -2.30. The van der Waals surface area contributed by atoms with E-state index >= 15 is 0 Å². The number of hydrogen-bond acceptors (Lipinski definition) is 5. The molecule has 0 aliphatic rings. The molecule has 2 aromatic carbocycles. The van der Waals surface area contributed by atoms with Crippen molar-refractivity contribution >= 4 is 11.6 Å². The summed E-state index contributed by atoms with van der Waals surface area (Å²) >= 11 is 0. The highest BCUT2D eigenvalue weighted by molar-refractivity contribution is 5.77. The normalized spacial score (nSPS) is 14.3. The van der Waals surface area contributed by atoms with Gasteiger partial charge in [-0.1, -0.05) is 42.5 Å². The van der Waals surface area contributed by atoms with Gasteiger partial charge in [-0.05, 0) is 18.6 Å². The Morgan fingerprint density at radius 2 is 1.69 bits per heavy atom. The minimum absolute atomic E-state index is 0.0931. The molecule has 0 saturated heterocycles. The van der Waals surface area contributed by atoms with Gasteiger partial charge in [-0.15, -0.1) is 0 Å². The molecule has 3 atom stereocenters. The van der Waals surface area contributed by atoms with E-state index < -0.39 is 29.1 Å². The van der Waals surface area contributed by atoms with Crippen LogP contribution in [0.15, 0.2) is 54.6 Å². The summed E-state index contributed by atoms with van der Waals surface area (Å²) in [6.45, 7) is 1.70. The molecule has 2 aromatic rings. The minimum Gasteiger partial charge on any atom is -0.388 e. The quantitative estimate of drug-likeness (QED) is 0.585. The summed E-state index contributed by atoms with van der Waals surface area (Å²) in [6, 6.07) is 14.2. The Kier molecular flexibility index (Phi) is 6.43. The third-order valence-electron chi connectivity index (χ3n) is 4.46. The third kappa shape index (κ3) is 4.44. The van der Waals surface area contributed by atoms with Gasteiger partial charge < -0.3 is 15.1 Å². The van der Waals surface area contributed by atoms with E-state index in [-0.39, 0.29) is 17.7 Å². The summed E-state index contributed by atoms with van der Waals surface area (Å²) in [5, 5.41) is 31.8. The third-order valence-corrected chi connectivity index (χ3v) is 4.46. The topological polar surface area (TPSA) is 104 Å². The second kappa shape index (κ2) is 8.55. The van der Waals surface area contributed by atoms with Crippen LogP contribution in [0.1, 0.15) is 36.7 Å². The molecule has 7 heteroatoms. The molecule has 2 N–H and O–H groups in total. The van der Waals surface area contributed by atoms with Gasteiger partial charge in [-0.25, -0.2) is 0 Å². The monoisotopic (exact) mass is 358 g/mol. The van der Waals surface area contributed by atoms with Crippen LogP contribution in [0, 0.1) is 10.1 Å². The number of rotatable bonds is 7. The Bertz CT molecular complexity index is 766. The van der Waals surface area contributed by atoms with Crippen molar-refractivity contribution in [2.24, 2.45) is 0 Å². The zero-order valence-electron chi connectivity index (χ0n) is 14.6. The molecular formula is C19H22N2O5. The summed E-state index contributed by atoms with van der Waals surface area (Å²) in [5.41, 5.74) is 0.544. The summed E-state index contributed by atoms with van der Waals surface area (Å²) in [5.74, 6) is -0.418. The van der Waals surface area contributed by atoms with E-state index in [0.29, 0.717) is 5.56 Å². The first-order chi connectivity index (χ1) is 12.3. The first-order valence-electron chi connectivity index (χ1n) is 8.23. The smallest absolute Gasteiger partial charge is 0.275 e. The zero-order chi connectivity index (χ0) is 19.3.